The number of ketones is 1. The molecule has 5 fully saturated rings. The highest BCUT2D eigenvalue weighted by Crippen LogP contribution is 2.71. The average Bonchev–Trinajstić information content (AvgIpc) is 1.50. The van der Waals surface area contributed by atoms with Crippen LogP contribution in [0.2, 0.25) is 30.1 Å². The zero-order valence-electron chi connectivity index (χ0n) is 57.1. The minimum atomic E-state index is -1.58. The molecule has 107 heavy (non-hydrogen) atoms. The summed E-state index contributed by atoms with van der Waals surface area (Å²) in [6, 6.07) is 25.7. The molecule has 7 N–H and O–H groups in total. The summed E-state index contributed by atoms with van der Waals surface area (Å²) in [6.45, 7) is 0.161. The van der Waals surface area contributed by atoms with E-state index in [1.165, 1.54) is 48.5 Å². The number of anilines is 3. The van der Waals surface area contributed by atoms with Gasteiger partial charge in [-0.3, -0.25) is 57.0 Å². The van der Waals surface area contributed by atoms with Crippen molar-refractivity contribution >= 4 is 152 Å². The Morgan fingerprint density at radius 1 is 0.523 bits per heavy atom. The highest BCUT2D eigenvalue weighted by molar-refractivity contribution is 6.37. The van der Waals surface area contributed by atoms with Crippen LogP contribution in [0.3, 0.4) is 0 Å². The average molecular weight is 1630 g/mol. The van der Waals surface area contributed by atoms with Gasteiger partial charge in [-0.05, 0) is 129 Å². The van der Waals surface area contributed by atoms with Crippen molar-refractivity contribution in [3.63, 3.8) is 0 Å². The zero-order chi connectivity index (χ0) is 77.2. The van der Waals surface area contributed by atoms with Gasteiger partial charge in [0.2, 0.25) is 11.8 Å². The summed E-state index contributed by atoms with van der Waals surface area (Å²) in [6.07, 6.45) is 3.35. The van der Waals surface area contributed by atoms with E-state index in [4.69, 9.17) is 84.8 Å². The topological polar surface area (TPSA) is 233 Å². The number of carbonyl (C=O) groups is 7. The Bertz CT molecular complexity index is 4270. The number of hydrogen-bond donors (Lipinski definition) is 6. The number of nitrogens with two attached hydrogens (primary N) is 1. The predicted octanol–water partition coefficient (Wildman–Crippen LogP) is 15.7. The summed E-state index contributed by atoms with van der Waals surface area (Å²) in [7, 11) is 0. The highest BCUT2D eigenvalue weighted by atomic mass is 35.5. The summed E-state index contributed by atoms with van der Waals surface area (Å²) in [5.41, 5.74) is -0.742. The van der Waals surface area contributed by atoms with Crippen molar-refractivity contribution in [1.82, 2.24) is 10.6 Å². The number of halogens is 16. The maximum absolute atomic E-state index is 15.6. The standard InChI is InChI=1S/2C25H23Cl2F3N2O3.C15H8Cl2FNO.C6H6F2O.C4H9NO2.ClH/c2*1-2-35-21(33)20-18(14-4-3-5-16(27)19(14)30)25(24(32-20)9-23(10-24,11-28)12-29)15-7-6-13(26)8-17(15)31-22(25)34;16-9-4-5-10-11(15(20)19-13(10)7-9)6-8-2-1-3-12(17)14(8)18;7-3-6(4-8)1-5(9)2-6;1-2-7-4(6)3-5;/h2*3-8,18,20,32H,2,9-12H2,1H3,(H,31,34);1-7H,(H,19,20);1-2H,3-4H2;2-3,5H2,1H3;1H/q;;;+2;;/t18-,20+,25+;;;;;/m0...../s1. The van der Waals surface area contributed by atoms with Crippen molar-refractivity contribution in [1.29, 1.82) is 0 Å². The van der Waals surface area contributed by atoms with Gasteiger partial charge in [-0.2, -0.15) is 4.79 Å². The first-order valence-corrected chi connectivity index (χ1v) is 35.5. The Morgan fingerprint density at radius 3 is 1.28 bits per heavy atom. The number of hydrogen-bond acceptors (Lipinski definition) is 13. The third-order valence-electron chi connectivity index (χ3n) is 20.4. The molecule has 6 aromatic rings. The molecule has 8 aliphatic rings. The molecule has 32 heteroatoms. The van der Waals surface area contributed by atoms with E-state index in [2.05, 4.69) is 31.3 Å². The normalized spacial score (nSPS) is 23.3. The second-order valence-electron chi connectivity index (χ2n) is 26.8. The summed E-state index contributed by atoms with van der Waals surface area (Å²) in [5, 5.41) is 15.7. The molecule has 6 atom stereocenters. The van der Waals surface area contributed by atoms with Gasteiger partial charge in [0.05, 0.1) is 73.8 Å². The van der Waals surface area contributed by atoms with Gasteiger partial charge in [-0.25, -0.2) is 22.0 Å². The first kappa shape index (κ1) is 83.6. The van der Waals surface area contributed by atoms with E-state index in [1.54, 1.807) is 87.5 Å². The number of rotatable bonds is 15. The molecule has 0 aromatic heterocycles. The van der Waals surface area contributed by atoms with Crippen LogP contribution in [0.5, 0.6) is 0 Å². The lowest BCUT2D eigenvalue weighted by atomic mass is 9.46. The first-order valence-electron chi connectivity index (χ1n) is 33.2. The molecule has 3 aliphatic carbocycles. The van der Waals surface area contributed by atoms with Gasteiger partial charge in [0, 0.05) is 76.9 Å². The fourth-order valence-corrected chi connectivity index (χ4v) is 17.3. The molecule has 3 saturated carbocycles. The lowest BCUT2D eigenvalue weighted by Gasteiger charge is -2.59. The van der Waals surface area contributed by atoms with Crippen LogP contribution in [0, 0.1) is 46.5 Å². The summed E-state index contributed by atoms with van der Waals surface area (Å²) >= 11 is 36.2. The molecule has 3 amide bonds. The van der Waals surface area contributed by atoms with Gasteiger partial charge in [-0.1, -0.05) is 124 Å². The molecule has 5 heterocycles. The number of esters is 3. The van der Waals surface area contributed by atoms with E-state index < -0.39 is 143 Å². The number of benzene rings is 6. The lowest BCUT2D eigenvalue weighted by Crippen LogP contribution is -2.70. The van der Waals surface area contributed by atoms with Crippen LogP contribution in [0.15, 0.2) is 109 Å². The second-order valence-corrected chi connectivity index (χ2v) is 29.4. The van der Waals surface area contributed by atoms with Gasteiger partial charge in [0.25, 0.3) is 18.7 Å². The highest BCUT2D eigenvalue weighted by Gasteiger charge is 2.80. The van der Waals surface area contributed by atoms with Crippen LogP contribution in [-0.2, 0) is 58.6 Å². The van der Waals surface area contributed by atoms with Crippen LogP contribution < -0.4 is 32.3 Å². The molecule has 0 bridgehead atoms. The fraction of sp³-hybridized carbons (Fsp3) is 0.373. The first-order chi connectivity index (χ1) is 50.5. The van der Waals surface area contributed by atoms with Crippen molar-refractivity contribution in [2.45, 2.75) is 92.3 Å². The molecule has 570 valence electrons. The van der Waals surface area contributed by atoms with E-state index in [-0.39, 0.29) is 107 Å². The summed E-state index contributed by atoms with van der Waals surface area (Å²) in [5.74, 6) is -7.63. The van der Waals surface area contributed by atoms with E-state index >= 15 is 8.78 Å². The maximum Gasteiger partial charge on any atom is 0.491 e. The largest absolute Gasteiger partial charge is 0.491 e. The van der Waals surface area contributed by atoms with Crippen LogP contribution in [-0.4, -0.2) is 131 Å². The molecular formula is C75H70Cl7F9N6O10+2. The van der Waals surface area contributed by atoms with E-state index in [0.717, 1.165) is 12.8 Å². The molecule has 6 aromatic carbocycles. The molecule has 0 radical (unpaired) electrons. The third kappa shape index (κ3) is 14.9. The number of fused-ring (bicyclic) bond motifs is 7. The van der Waals surface area contributed by atoms with Gasteiger partial charge >= 0.3 is 29.1 Å². The van der Waals surface area contributed by atoms with Crippen molar-refractivity contribution in [3.05, 3.63) is 203 Å². The van der Waals surface area contributed by atoms with Crippen LogP contribution in [0.25, 0.3) is 11.6 Å². The monoisotopic (exact) mass is 1630 g/mol. The Morgan fingerprint density at radius 2 is 0.916 bits per heavy atom. The number of Topliss-reactive ketones (excluding diaryl/α,β-unsaturated/α-hetero) is 1. The van der Waals surface area contributed by atoms with E-state index in [9.17, 15) is 64.3 Å². The van der Waals surface area contributed by atoms with Crippen molar-refractivity contribution in [2.75, 3.05) is 82.4 Å². The minimum absolute atomic E-state index is 0. The molecule has 16 nitrogen and oxygen atoms in total. The quantitative estimate of drug-likeness (QED) is 0.0185. The van der Waals surface area contributed by atoms with Crippen molar-refractivity contribution in [3.8, 4) is 0 Å². The Hall–Kier alpha value is -7.43. The molecule has 4 spiro atoms. The predicted molar refractivity (Wildman–Crippen MR) is 392 cm³/mol. The Labute approximate surface area is 645 Å². The molecular weight excluding hydrogens is 1560 g/mol. The second kappa shape index (κ2) is 33.4. The van der Waals surface area contributed by atoms with Gasteiger partial charge in [-0.15, -0.1) is 12.4 Å². The Balaban J connectivity index is 0.000000171. The van der Waals surface area contributed by atoms with Gasteiger partial charge in [0.15, 0.2) is 13.3 Å². The third-order valence-corrected chi connectivity index (χ3v) is 22.0. The van der Waals surface area contributed by atoms with Crippen LogP contribution in [0.1, 0.15) is 91.7 Å². The SMILES string of the molecule is CCOC(=O)C1NC2(CC(CF)(CF)C2)C2(C(=O)Nc3cc(Cl)ccc32)C1c1cccc(Cl)c1F.CCOC(=O)CN.CCOC(=O)[C@@H]1NC2(CC(CF)(CF)C2)[C@@]2(C(=O)Nc3cc(Cl)ccc32)[C@H]1c1cccc(Cl)c1F.Cl.O=C1Nc2cc(Cl)ccc2C1=Cc1cccc(Cl)c1F.O=C1[CH+]C(CF)(CF)[CH+]1. The molecule has 5 aliphatic heterocycles. The van der Waals surface area contributed by atoms with Crippen molar-refractivity contribution in [2.24, 2.45) is 22.0 Å². The molecule has 2 saturated heterocycles. The zero-order valence-corrected chi connectivity index (χ0v) is 62.4. The van der Waals surface area contributed by atoms with Crippen molar-refractivity contribution < 1.29 is 87.3 Å². The minimum Gasteiger partial charge on any atom is -0.465 e. The number of alkyl halides is 6. The summed E-state index contributed by atoms with van der Waals surface area (Å²) in [4.78, 5) is 86.6. The number of ether oxygens (including phenoxy) is 3. The van der Waals surface area contributed by atoms with Gasteiger partial charge < -0.3 is 35.9 Å². The number of nitrogens with one attached hydrogen (secondary N) is 5. The Kier molecular flexibility index (Phi) is 26.1. The maximum atomic E-state index is 15.6. The van der Waals surface area contributed by atoms with Gasteiger partial charge in [0.1, 0.15) is 40.4 Å². The number of amides is 3. The lowest BCUT2D eigenvalue weighted by molar-refractivity contribution is -0.147. The van der Waals surface area contributed by atoms with Crippen LogP contribution in [0.4, 0.5) is 56.6 Å². The fourth-order valence-electron chi connectivity index (χ4n) is 16.2. The van der Waals surface area contributed by atoms with Crippen LogP contribution >= 0.6 is 82.0 Å². The molecule has 14 rings (SSSR count). The summed E-state index contributed by atoms with van der Waals surface area (Å²) < 4.78 is 140. The number of carbonyl (C=O) groups excluding carboxylic acids is 7. The smallest absolute Gasteiger partial charge is 0.465 e. The molecule has 3 unspecified atom stereocenters. The van der Waals surface area contributed by atoms with E-state index in [0.29, 0.717) is 61.0 Å². The van der Waals surface area contributed by atoms with E-state index in [1.807, 2.05) is 0 Å².